The van der Waals surface area contributed by atoms with E-state index in [1.165, 1.54) is 12.4 Å². The molecule has 1 atom stereocenters. The SMILES string of the molecule is O=S(=O)(CCC(F)(F)F)N1CC[C@@H](Oc2ccncc2Cl)C1. The van der Waals surface area contributed by atoms with Crippen LogP contribution in [0.3, 0.4) is 0 Å². The highest BCUT2D eigenvalue weighted by molar-refractivity contribution is 7.89. The first-order valence-electron chi connectivity index (χ1n) is 6.48. The molecule has 5 nitrogen and oxygen atoms in total. The third-order valence-electron chi connectivity index (χ3n) is 3.17. The zero-order valence-electron chi connectivity index (χ0n) is 11.4. The van der Waals surface area contributed by atoms with Gasteiger partial charge in [-0.3, -0.25) is 4.98 Å². The minimum absolute atomic E-state index is 0.0127. The Morgan fingerprint density at radius 1 is 1.45 bits per heavy atom. The summed E-state index contributed by atoms with van der Waals surface area (Å²) >= 11 is 5.88. The van der Waals surface area contributed by atoms with E-state index in [9.17, 15) is 21.6 Å². The maximum Gasteiger partial charge on any atom is 0.390 e. The second-order valence-electron chi connectivity index (χ2n) is 4.87. The first-order chi connectivity index (χ1) is 10.2. The number of hydrogen-bond donors (Lipinski definition) is 0. The van der Waals surface area contributed by atoms with Crippen molar-refractivity contribution in [3.8, 4) is 5.75 Å². The Morgan fingerprint density at radius 2 is 2.18 bits per heavy atom. The van der Waals surface area contributed by atoms with E-state index in [4.69, 9.17) is 16.3 Å². The Labute approximate surface area is 131 Å². The molecule has 1 saturated heterocycles. The van der Waals surface area contributed by atoms with Gasteiger partial charge in [0.25, 0.3) is 0 Å². The molecule has 22 heavy (non-hydrogen) atoms. The first kappa shape index (κ1) is 17.3. The van der Waals surface area contributed by atoms with Crippen molar-refractivity contribution in [3.63, 3.8) is 0 Å². The van der Waals surface area contributed by atoms with Crippen LogP contribution < -0.4 is 4.74 Å². The molecule has 2 heterocycles. The first-order valence-corrected chi connectivity index (χ1v) is 8.47. The Kier molecular flexibility index (Phi) is 5.18. The molecule has 10 heteroatoms. The van der Waals surface area contributed by atoms with E-state index in [1.807, 2.05) is 0 Å². The van der Waals surface area contributed by atoms with Gasteiger partial charge >= 0.3 is 6.18 Å². The lowest BCUT2D eigenvalue weighted by atomic mass is 10.3. The van der Waals surface area contributed by atoms with Gasteiger partial charge in [0.1, 0.15) is 16.9 Å². The molecular formula is C12H14ClF3N2O3S. The minimum atomic E-state index is -4.49. The number of aromatic nitrogens is 1. The zero-order valence-corrected chi connectivity index (χ0v) is 13.0. The number of halogens is 4. The van der Waals surface area contributed by atoms with E-state index in [-0.39, 0.29) is 13.1 Å². The van der Waals surface area contributed by atoms with E-state index < -0.39 is 34.5 Å². The van der Waals surface area contributed by atoms with Gasteiger partial charge in [0, 0.05) is 25.0 Å². The number of ether oxygens (including phenoxy) is 1. The quantitative estimate of drug-likeness (QED) is 0.811. The molecule has 0 saturated carbocycles. The van der Waals surface area contributed by atoms with Crippen LogP contribution in [0.1, 0.15) is 12.8 Å². The molecule has 1 aliphatic rings. The summed E-state index contributed by atoms with van der Waals surface area (Å²) in [5.74, 6) is -0.574. The average Bonchev–Trinajstić information content (AvgIpc) is 2.88. The van der Waals surface area contributed by atoms with Crippen LogP contribution in [-0.2, 0) is 10.0 Å². The summed E-state index contributed by atoms with van der Waals surface area (Å²) in [7, 11) is -3.94. The van der Waals surface area contributed by atoms with Gasteiger partial charge in [0.15, 0.2) is 0 Å². The third kappa shape index (κ3) is 4.72. The molecule has 0 amide bonds. The van der Waals surface area contributed by atoms with Gasteiger partial charge in [0.2, 0.25) is 10.0 Å². The second kappa shape index (κ2) is 6.59. The molecule has 0 bridgehead atoms. The van der Waals surface area contributed by atoms with E-state index in [0.29, 0.717) is 17.2 Å². The number of pyridine rings is 1. The second-order valence-corrected chi connectivity index (χ2v) is 7.37. The number of hydrogen-bond acceptors (Lipinski definition) is 4. The van der Waals surface area contributed by atoms with Crippen LogP contribution in [0.25, 0.3) is 0 Å². The topological polar surface area (TPSA) is 59.5 Å². The van der Waals surface area contributed by atoms with Crippen LogP contribution in [0, 0.1) is 0 Å². The monoisotopic (exact) mass is 358 g/mol. The minimum Gasteiger partial charge on any atom is -0.487 e. The van der Waals surface area contributed by atoms with Crippen LogP contribution in [-0.4, -0.2) is 48.8 Å². The van der Waals surface area contributed by atoms with Crippen LogP contribution in [0.4, 0.5) is 13.2 Å². The number of nitrogens with zero attached hydrogens (tertiary/aromatic N) is 2. The molecule has 0 aliphatic carbocycles. The van der Waals surface area contributed by atoms with Crippen molar-refractivity contribution in [2.45, 2.75) is 25.1 Å². The molecule has 0 aromatic carbocycles. The van der Waals surface area contributed by atoms with Crippen LogP contribution in [0.15, 0.2) is 18.5 Å². The van der Waals surface area contributed by atoms with Crippen LogP contribution in [0.5, 0.6) is 5.75 Å². The van der Waals surface area contributed by atoms with Crippen molar-refractivity contribution >= 4 is 21.6 Å². The molecule has 1 aromatic rings. The van der Waals surface area contributed by atoms with Gasteiger partial charge in [0.05, 0.1) is 18.7 Å². The summed E-state index contributed by atoms with van der Waals surface area (Å²) in [6.07, 6.45) is -3.02. The van der Waals surface area contributed by atoms with Gasteiger partial charge < -0.3 is 4.74 Å². The van der Waals surface area contributed by atoms with Crippen molar-refractivity contribution in [3.05, 3.63) is 23.5 Å². The van der Waals surface area contributed by atoms with Crippen LogP contribution in [0.2, 0.25) is 5.02 Å². The molecule has 2 rings (SSSR count). The highest BCUT2D eigenvalue weighted by Crippen LogP contribution is 2.27. The summed E-state index contributed by atoms with van der Waals surface area (Å²) in [6.45, 7) is 0.145. The number of alkyl halides is 3. The average molecular weight is 359 g/mol. The number of sulfonamides is 1. The Morgan fingerprint density at radius 3 is 2.82 bits per heavy atom. The fourth-order valence-corrected chi connectivity index (χ4v) is 3.75. The van der Waals surface area contributed by atoms with E-state index in [1.54, 1.807) is 6.07 Å². The summed E-state index contributed by atoms with van der Waals surface area (Å²) in [5, 5.41) is 0.292. The van der Waals surface area contributed by atoms with Gasteiger partial charge in [-0.25, -0.2) is 8.42 Å². The van der Waals surface area contributed by atoms with Crippen LogP contribution >= 0.6 is 11.6 Å². The fraction of sp³-hybridized carbons (Fsp3) is 0.583. The Hall–Kier alpha value is -1.06. The van der Waals surface area contributed by atoms with Crippen molar-refractivity contribution in [1.29, 1.82) is 0 Å². The molecule has 124 valence electrons. The largest absolute Gasteiger partial charge is 0.487 e. The molecule has 0 N–H and O–H groups in total. The summed E-state index contributed by atoms with van der Waals surface area (Å²) in [4.78, 5) is 3.80. The summed E-state index contributed by atoms with van der Waals surface area (Å²) < 4.78 is 66.8. The molecule has 1 aromatic heterocycles. The van der Waals surface area contributed by atoms with Crippen molar-refractivity contribution in [2.75, 3.05) is 18.8 Å². The predicted molar refractivity (Wildman–Crippen MR) is 74.3 cm³/mol. The molecular weight excluding hydrogens is 345 g/mol. The van der Waals surface area contributed by atoms with Crippen molar-refractivity contribution in [2.24, 2.45) is 0 Å². The number of rotatable bonds is 5. The molecule has 0 unspecified atom stereocenters. The zero-order chi connectivity index (χ0) is 16.4. The Balaban J connectivity index is 1.93. The highest BCUT2D eigenvalue weighted by atomic mass is 35.5. The predicted octanol–water partition coefficient (Wildman–Crippen LogP) is 2.47. The molecule has 0 spiro atoms. The summed E-state index contributed by atoms with van der Waals surface area (Å²) in [5.41, 5.74) is 0. The van der Waals surface area contributed by atoms with Crippen molar-refractivity contribution < 1.29 is 26.3 Å². The molecule has 1 fully saturated rings. The summed E-state index contributed by atoms with van der Waals surface area (Å²) in [6, 6.07) is 1.54. The molecule has 0 radical (unpaired) electrons. The lowest BCUT2D eigenvalue weighted by Gasteiger charge is -2.18. The van der Waals surface area contributed by atoms with E-state index >= 15 is 0 Å². The maximum absolute atomic E-state index is 12.2. The lowest BCUT2D eigenvalue weighted by Crippen LogP contribution is -2.34. The standard InChI is InChI=1S/C12H14ClF3N2O3S/c13-10-7-17-4-1-11(10)21-9-2-5-18(8-9)22(19,20)6-3-12(14,15)16/h1,4,7,9H,2-3,5-6,8H2/t9-/m1/s1. The van der Waals surface area contributed by atoms with Crippen molar-refractivity contribution in [1.82, 2.24) is 9.29 Å². The normalized spacial score (nSPS) is 20.3. The van der Waals surface area contributed by atoms with Gasteiger partial charge in [-0.15, -0.1) is 0 Å². The van der Waals surface area contributed by atoms with E-state index in [2.05, 4.69) is 4.98 Å². The van der Waals surface area contributed by atoms with Gasteiger partial charge in [-0.1, -0.05) is 11.6 Å². The third-order valence-corrected chi connectivity index (χ3v) is 5.30. The van der Waals surface area contributed by atoms with E-state index in [0.717, 1.165) is 4.31 Å². The van der Waals surface area contributed by atoms with Gasteiger partial charge in [-0.2, -0.15) is 17.5 Å². The smallest absolute Gasteiger partial charge is 0.390 e. The fourth-order valence-electron chi connectivity index (χ4n) is 2.06. The highest BCUT2D eigenvalue weighted by Gasteiger charge is 2.36. The molecule has 1 aliphatic heterocycles. The Bertz CT molecular complexity index is 624. The lowest BCUT2D eigenvalue weighted by molar-refractivity contribution is -0.130. The maximum atomic E-state index is 12.2. The van der Waals surface area contributed by atoms with Gasteiger partial charge in [-0.05, 0) is 6.42 Å².